The van der Waals surface area contributed by atoms with Gasteiger partial charge in [-0.1, -0.05) is 28.9 Å². The van der Waals surface area contributed by atoms with E-state index in [-0.39, 0.29) is 24.1 Å². The molecule has 1 heterocycles. The Kier molecular flexibility index (Phi) is 5.52. The summed E-state index contributed by atoms with van der Waals surface area (Å²) in [6.45, 7) is -0.0366. The zero-order valence-corrected chi connectivity index (χ0v) is 14.5. The standard InChI is InChI=1S/C16H14ClN5O2S/c17-11-5-7-12(8-6-11)25-10-16(24)20-19-15(23)9-22-14-4-2-1-3-13(14)18-21-22/h1-8H,9-10H2,(H,19,23)(H,20,24). The first-order valence-electron chi connectivity index (χ1n) is 7.36. The Labute approximate surface area is 152 Å². The Hall–Kier alpha value is -2.58. The minimum absolute atomic E-state index is 0.0366. The number of nitrogens with one attached hydrogen (secondary N) is 2. The number of fused-ring (bicyclic) bond motifs is 1. The van der Waals surface area contributed by atoms with Crippen LogP contribution in [0, 0.1) is 0 Å². The molecule has 2 N–H and O–H groups in total. The van der Waals surface area contributed by atoms with Crippen molar-refractivity contribution in [1.29, 1.82) is 0 Å². The van der Waals surface area contributed by atoms with Gasteiger partial charge < -0.3 is 0 Å². The van der Waals surface area contributed by atoms with Crippen LogP contribution in [0.15, 0.2) is 53.4 Å². The van der Waals surface area contributed by atoms with Crippen molar-refractivity contribution < 1.29 is 9.59 Å². The van der Waals surface area contributed by atoms with Gasteiger partial charge in [-0.2, -0.15) is 0 Å². The van der Waals surface area contributed by atoms with Crippen LogP contribution >= 0.6 is 23.4 Å². The Balaban J connectivity index is 1.45. The quantitative estimate of drug-likeness (QED) is 0.526. The summed E-state index contributed by atoms with van der Waals surface area (Å²) in [5, 5.41) is 8.53. The van der Waals surface area contributed by atoms with Crippen LogP contribution in [0.3, 0.4) is 0 Å². The van der Waals surface area contributed by atoms with E-state index >= 15 is 0 Å². The lowest BCUT2D eigenvalue weighted by Gasteiger charge is -2.07. The SMILES string of the molecule is O=C(CSc1ccc(Cl)cc1)NNC(=O)Cn1nnc2ccccc21. The third kappa shape index (κ3) is 4.71. The summed E-state index contributed by atoms with van der Waals surface area (Å²) in [6, 6.07) is 14.5. The molecule has 7 nitrogen and oxygen atoms in total. The van der Waals surface area contributed by atoms with Crippen molar-refractivity contribution in [2.75, 3.05) is 5.75 Å². The Morgan fingerprint density at radius 2 is 1.76 bits per heavy atom. The predicted molar refractivity (Wildman–Crippen MR) is 96.0 cm³/mol. The maximum atomic E-state index is 11.9. The van der Waals surface area contributed by atoms with Crippen molar-refractivity contribution in [3.8, 4) is 0 Å². The maximum absolute atomic E-state index is 11.9. The molecule has 3 aromatic rings. The maximum Gasteiger partial charge on any atom is 0.260 e. The van der Waals surface area contributed by atoms with E-state index in [2.05, 4.69) is 21.2 Å². The zero-order valence-electron chi connectivity index (χ0n) is 13.0. The lowest BCUT2D eigenvalue weighted by Crippen LogP contribution is -2.44. The number of rotatable bonds is 5. The lowest BCUT2D eigenvalue weighted by atomic mass is 10.3. The van der Waals surface area contributed by atoms with Crippen molar-refractivity contribution >= 4 is 46.2 Å². The van der Waals surface area contributed by atoms with Crippen molar-refractivity contribution in [2.45, 2.75) is 11.4 Å². The first kappa shape index (κ1) is 17.2. The molecule has 3 rings (SSSR count). The molecule has 0 aliphatic rings. The van der Waals surface area contributed by atoms with Crippen molar-refractivity contribution in [2.24, 2.45) is 0 Å². The first-order valence-corrected chi connectivity index (χ1v) is 8.72. The minimum Gasteiger partial charge on any atom is -0.272 e. The van der Waals surface area contributed by atoms with Gasteiger partial charge in [0.2, 0.25) is 5.91 Å². The number of hydrazine groups is 1. The van der Waals surface area contributed by atoms with Gasteiger partial charge in [0, 0.05) is 9.92 Å². The lowest BCUT2D eigenvalue weighted by molar-refractivity contribution is -0.128. The summed E-state index contributed by atoms with van der Waals surface area (Å²) in [7, 11) is 0. The van der Waals surface area contributed by atoms with Crippen molar-refractivity contribution in [3.63, 3.8) is 0 Å². The van der Waals surface area contributed by atoms with Crippen LogP contribution in [0.1, 0.15) is 0 Å². The number of nitrogens with zero attached hydrogens (tertiary/aromatic N) is 3. The average Bonchev–Trinajstić information content (AvgIpc) is 3.02. The molecular formula is C16H14ClN5O2S. The zero-order chi connectivity index (χ0) is 17.6. The fraction of sp³-hybridized carbons (Fsp3) is 0.125. The second-order valence-electron chi connectivity index (χ2n) is 5.07. The van der Waals surface area contributed by atoms with E-state index in [9.17, 15) is 9.59 Å². The number of halogens is 1. The van der Waals surface area contributed by atoms with Gasteiger partial charge in [-0.25, -0.2) is 4.68 Å². The van der Waals surface area contributed by atoms with Gasteiger partial charge in [0.1, 0.15) is 12.1 Å². The fourth-order valence-corrected chi connectivity index (χ4v) is 2.89. The molecule has 0 radical (unpaired) electrons. The molecule has 2 aromatic carbocycles. The van der Waals surface area contributed by atoms with Gasteiger partial charge in [0.05, 0.1) is 11.3 Å². The molecule has 0 aliphatic carbocycles. The number of carbonyl (C=O) groups excluding carboxylic acids is 2. The van der Waals surface area contributed by atoms with Gasteiger partial charge in [-0.15, -0.1) is 16.9 Å². The molecule has 0 saturated heterocycles. The third-order valence-corrected chi connectivity index (χ3v) is 4.50. The van der Waals surface area contributed by atoms with E-state index in [4.69, 9.17) is 11.6 Å². The molecule has 0 fully saturated rings. The monoisotopic (exact) mass is 375 g/mol. The molecule has 0 bridgehead atoms. The summed E-state index contributed by atoms with van der Waals surface area (Å²) >= 11 is 7.15. The van der Waals surface area contributed by atoms with Crippen LogP contribution in [-0.2, 0) is 16.1 Å². The van der Waals surface area contributed by atoms with Crippen LogP contribution in [0.2, 0.25) is 5.02 Å². The fourth-order valence-electron chi connectivity index (χ4n) is 2.06. The van der Waals surface area contributed by atoms with E-state index in [0.29, 0.717) is 10.5 Å². The Bertz CT molecular complexity index is 897. The van der Waals surface area contributed by atoms with Gasteiger partial charge >= 0.3 is 0 Å². The summed E-state index contributed by atoms with van der Waals surface area (Å²) in [5.74, 6) is -0.522. The van der Waals surface area contributed by atoms with Crippen LogP contribution in [0.4, 0.5) is 0 Å². The number of benzene rings is 2. The summed E-state index contributed by atoms with van der Waals surface area (Å²) in [4.78, 5) is 24.6. The topological polar surface area (TPSA) is 88.9 Å². The Morgan fingerprint density at radius 3 is 2.56 bits per heavy atom. The second kappa shape index (κ2) is 8.00. The van der Waals surface area contributed by atoms with Gasteiger partial charge in [0.25, 0.3) is 5.91 Å². The number of hydrogen-bond donors (Lipinski definition) is 2. The van der Waals surface area contributed by atoms with E-state index in [0.717, 1.165) is 10.4 Å². The van der Waals surface area contributed by atoms with Crippen LogP contribution in [-0.4, -0.2) is 32.6 Å². The van der Waals surface area contributed by atoms with Gasteiger partial charge in [-0.05, 0) is 36.4 Å². The number of thioether (sulfide) groups is 1. The largest absolute Gasteiger partial charge is 0.272 e. The van der Waals surface area contributed by atoms with Gasteiger partial charge in [-0.3, -0.25) is 20.4 Å². The second-order valence-corrected chi connectivity index (χ2v) is 6.56. The smallest absolute Gasteiger partial charge is 0.260 e. The van der Waals surface area contributed by atoms with E-state index in [1.165, 1.54) is 16.4 Å². The van der Waals surface area contributed by atoms with Crippen LogP contribution < -0.4 is 10.9 Å². The van der Waals surface area contributed by atoms with E-state index in [1.807, 2.05) is 36.4 Å². The highest BCUT2D eigenvalue weighted by Crippen LogP contribution is 2.19. The minimum atomic E-state index is -0.388. The highest BCUT2D eigenvalue weighted by atomic mass is 35.5. The first-order chi connectivity index (χ1) is 12.1. The molecule has 0 atom stereocenters. The average molecular weight is 376 g/mol. The number of hydrogen-bond acceptors (Lipinski definition) is 5. The molecule has 0 saturated carbocycles. The normalized spacial score (nSPS) is 10.6. The Morgan fingerprint density at radius 1 is 1.04 bits per heavy atom. The molecule has 9 heteroatoms. The molecule has 0 unspecified atom stereocenters. The van der Waals surface area contributed by atoms with Gasteiger partial charge in [0.15, 0.2) is 0 Å². The van der Waals surface area contributed by atoms with Crippen LogP contribution in [0.5, 0.6) is 0 Å². The van der Waals surface area contributed by atoms with E-state index < -0.39 is 0 Å². The van der Waals surface area contributed by atoms with E-state index in [1.54, 1.807) is 12.1 Å². The predicted octanol–water partition coefficient (Wildman–Crippen LogP) is 2.02. The molecule has 0 aliphatic heterocycles. The highest BCUT2D eigenvalue weighted by molar-refractivity contribution is 8.00. The highest BCUT2D eigenvalue weighted by Gasteiger charge is 2.09. The summed E-state index contributed by atoms with van der Waals surface area (Å²) < 4.78 is 1.47. The number of carbonyl (C=O) groups is 2. The molecule has 25 heavy (non-hydrogen) atoms. The number of para-hydroxylation sites is 1. The number of amides is 2. The molecule has 2 amide bonds. The summed E-state index contributed by atoms with van der Waals surface area (Å²) in [5.41, 5.74) is 6.21. The third-order valence-electron chi connectivity index (χ3n) is 3.24. The summed E-state index contributed by atoms with van der Waals surface area (Å²) in [6.07, 6.45) is 0. The van der Waals surface area contributed by atoms with Crippen molar-refractivity contribution in [3.05, 3.63) is 53.6 Å². The molecule has 1 aromatic heterocycles. The van der Waals surface area contributed by atoms with Crippen LogP contribution in [0.25, 0.3) is 11.0 Å². The molecule has 128 valence electrons. The number of aromatic nitrogens is 3. The molecule has 0 spiro atoms. The van der Waals surface area contributed by atoms with Crippen molar-refractivity contribution in [1.82, 2.24) is 25.8 Å². The molecular weight excluding hydrogens is 362 g/mol.